The smallest absolute Gasteiger partial charge is 0.132 e. The van der Waals surface area contributed by atoms with Crippen molar-refractivity contribution in [2.75, 3.05) is 23.4 Å². The first-order valence-electron chi connectivity index (χ1n) is 7.10. The number of rotatable bonds is 6. The van der Waals surface area contributed by atoms with Gasteiger partial charge in [0.2, 0.25) is 0 Å². The summed E-state index contributed by atoms with van der Waals surface area (Å²) in [5, 5.41) is 7.69. The Morgan fingerprint density at radius 3 is 2.79 bits per heavy atom. The Hall–Kier alpha value is -0.970. The molecule has 106 valence electrons. The van der Waals surface area contributed by atoms with Crippen LogP contribution in [0.3, 0.4) is 0 Å². The molecule has 0 bridgehead atoms. The minimum Gasteiger partial charge on any atom is -0.370 e. The monoisotopic (exact) mass is 280 g/mol. The number of anilines is 2. The molecule has 2 rings (SSSR count). The molecule has 1 aromatic rings. The third kappa shape index (κ3) is 4.27. The van der Waals surface area contributed by atoms with Gasteiger partial charge < -0.3 is 10.6 Å². The van der Waals surface area contributed by atoms with Crippen molar-refractivity contribution in [2.45, 2.75) is 50.8 Å². The van der Waals surface area contributed by atoms with E-state index in [1.807, 2.05) is 24.8 Å². The van der Waals surface area contributed by atoms with Gasteiger partial charge in [0, 0.05) is 23.9 Å². The van der Waals surface area contributed by atoms with Gasteiger partial charge in [-0.05, 0) is 38.9 Å². The maximum absolute atomic E-state index is 4.49. The molecule has 1 heterocycles. The van der Waals surface area contributed by atoms with Crippen molar-refractivity contribution in [3.63, 3.8) is 0 Å². The minimum atomic E-state index is 0.561. The van der Waals surface area contributed by atoms with Crippen molar-refractivity contribution in [1.82, 2.24) is 9.97 Å². The molecule has 2 unspecified atom stereocenters. The van der Waals surface area contributed by atoms with E-state index in [0.717, 1.165) is 35.7 Å². The fourth-order valence-electron chi connectivity index (χ4n) is 2.48. The zero-order valence-electron chi connectivity index (χ0n) is 12.1. The number of thioether (sulfide) groups is 1. The van der Waals surface area contributed by atoms with Crippen LogP contribution in [0, 0.1) is 6.92 Å². The fraction of sp³-hybridized carbons (Fsp3) is 0.714. The van der Waals surface area contributed by atoms with Crippen molar-refractivity contribution in [2.24, 2.45) is 0 Å². The van der Waals surface area contributed by atoms with Gasteiger partial charge in [0.05, 0.1) is 0 Å². The second-order valence-corrected chi connectivity index (χ2v) is 6.26. The third-order valence-electron chi connectivity index (χ3n) is 3.46. The quantitative estimate of drug-likeness (QED) is 0.837. The van der Waals surface area contributed by atoms with Gasteiger partial charge in [0.25, 0.3) is 0 Å². The number of nitrogens with zero attached hydrogens (tertiary/aromatic N) is 2. The van der Waals surface area contributed by atoms with Gasteiger partial charge in [0.1, 0.15) is 17.5 Å². The molecule has 2 N–H and O–H groups in total. The van der Waals surface area contributed by atoms with Gasteiger partial charge in [0.15, 0.2) is 0 Å². The van der Waals surface area contributed by atoms with Crippen molar-refractivity contribution in [3.05, 3.63) is 11.9 Å². The lowest BCUT2D eigenvalue weighted by Crippen LogP contribution is -2.17. The lowest BCUT2D eigenvalue weighted by Gasteiger charge is -2.15. The van der Waals surface area contributed by atoms with Gasteiger partial charge in [-0.3, -0.25) is 0 Å². The van der Waals surface area contributed by atoms with Crippen LogP contribution >= 0.6 is 11.8 Å². The Labute approximate surface area is 120 Å². The summed E-state index contributed by atoms with van der Waals surface area (Å²) in [6.07, 6.45) is 7.09. The van der Waals surface area contributed by atoms with Crippen LogP contribution in [0.25, 0.3) is 0 Å². The number of hydrogen-bond donors (Lipinski definition) is 2. The van der Waals surface area contributed by atoms with Gasteiger partial charge >= 0.3 is 0 Å². The van der Waals surface area contributed by atoms with Gasteiger partial charge in [-0.15, -0.1) is 0 Å². The van der Waals surface area contributed by atoms with E-state index in [1.54, 1.807) is 0 Å². The highest BCUT2D eigenvalue weighted by atomic mass is 32.2. The van der Waals surface area contributed by atoms with E-state index >= 15 is 0 Å². The summed E-state index contributed by atoms with van der Waals surface area (Å²) in [5.41, 5.74) is 0. The molecule has 0 spiro atoms. The molecule has 0 aliphatic heterocycles. The van der Waals surface area contributed by atoms with Crippen LogP contribution in [-0.2, 0) is 0 Å². The van der Waals surface area contributed by atoms with Crippen LogP contribution in [0.5, 0.6) is 0 Å². The molecular weight excluding hydrogens is 256 g/mol. The molecule has 0 radical (unpaired) electrons. The first kappa shape index (κ1) is 14.4. The Morgan fingerprint density at radius 2 is 2.11 bits per heavy atom. The minimum absolute atomic E-state index is 0.561. The average molecular weight is 280 g/mol. The molecular formula is C14H24N4S. The normalized spacial score (nSPS) is 22.5. The molecule has 1 aliphatic carbocycles. The van der Waals surface area contributed by atoms with E-state index in [2.05, 4.69) is 33.8 Å². The van der Waals surface area contributed by atoms with Gasteiger partial charge in [-0.25, -0.2) is 9.97 Å². The fourth-order valence-corrected chi connectivity index (χ4v) is 3.28. The maximum Gasteiger partial charge on any atom is 0.132 e. The summed E-state index contributed by atoms with van der Waals surface area (Å²) in [5.74, 6) is 2.71. The number of aryl methyl sites for hydroxylation is 1. The molecule has 1 aromatic heterocycles. The second kappa shape index (κ2) is 6.98. The summed E-state index contributed by atoms with van der Waals surface area (Å²) in [6, 6.07) is 2.58. The zero-order valence-corrected chi connectivity index (χ0v) is 12.9. The highest BCUT2D eigenvalue weighted by Gasteiger charge is 2.24. The van der Waals surface area contributed by atoms with E-state index in [4.69, 9.17) is 0 Å². The van der Waals surface area contributed by atoms with E-state index in [-0.39, 0.29) is 0 Å². The molecule has 4 nitrogen and oxygen atoms in total. The van der Waals surface area contributed by atoms with Crippen LogP contribution in [0.15, 0.2) is 6.07 Å². The third-order valence-corrected chi connectivity index (χ3v) is 4.56. The summed E-state index contributed by atoms with van der Waals surface area (Å²) in [4.78, 5) is 8.90. The van der Waals surface area contributed by atoms with Gasteiger partial charge in [-0.1, -0.05) is 6.92 Å². The predicted molar refractivity (Wildman–Crippen MR) is 84.1 cm³/mol. The first-order chi connectivity index (χ1) is 9.21. The van der Waals surface area contributed by atoms with Crippen molar-refractivity contribution >= 4 is 23.4 Å². The molecule has 2 atom stereocenters. The molecule has 19 heavy (non-hydrogen) atoms. The van der Waals surface area contributed by atoms with E-state index in [1.165, 1.54) is 19.3 Å². The standard InChI is InChI=1S/C14H24N4S/c1-4-7-15-13-9-14(17-10(2)16-13)18-11-5-6-12(8-11)19-3/h9,11-12H,4-8H2,1-3H3,(H2,15,16,17,18). The van der Waals surface area contributed by atoms with Crippen molar-refractivity contribution in [1.29, 1.82) is 0 Å². The lowest BCUT2D eigenvalue weighted by molar-refractivity contribution is 0.750. The van der Waals surface area contributed by atoms with Crippen LogP contribution in [0.4, 0.5) is 11.6 Å². The Bertz CT molecular complexity index is 410. The highest BCUT2D eigenvalue weighted by molar-refractivity contribution is 7.99. The Balaban J connectivity index is 1.97. The molecule has 1 aliphatic rings. The second-order valence-electron chi connectivity index (χ2n) is 5.12. The van der Waals surface area contributed by atoms with Crippen LogP contribution < -0.4 is 10.6 Å². The van der Waals surface area contributed by atoms with Crippen LogP contribution in [-0.4, -0.2) is 34.1 Å². The summed E-state index contributed by atoms with van der Waals surface area (Å²) in [7, 11) is 0. The van der Waals surface area contributed by atoms with Crippen LogP contribution in [0.2, 0.25) is 0 Å². The van der Waals surface area contributed by atoms with E-state index in [9.17, 15) is 0 Å². The van der Waals surface area contributed by atoms with E-state index in [0.29, 0.717) is 6.04 Å². The number of nitrogens with one attached hydrogen (secondary N) is 2. The molecule has 0 saturated heterocycles. The first-order valence-corrected chi connectivity index (χ1v) is 8.39. The highest BCUT2D eigenvalue weighted by Crippen LogP contribution is 2.30. The molecule has 0 aromatic carbocycles. The average Bonchev–Trinajstić information content (AvgIpc) is 2.83. The Morgan fingerprint density at radius 1 is 1.32 bits per heavy atom. The zero-order chi connectivity index (χ0) is 13.7. The Kier molecular flexibility index (Phi) is 5.31. The lowest BCUT2D eigenvalue weighted by atomic mass is 10.2. The van der Waals surface area contributed by atoms with Gasteiger partial charge in [-0.2, -0.15) is 11.8 Å². The topological polar surface area (TPSA) is 49.8 Å². The number of hydrogen-bond acceptors (Lipinski definition) is 5. The van der Waals surface area contributed by atoms with Crippen molar-refractivity contribution < 1.29 is 0 Å². The molecule has 1 fully saturated rings. The summed E-state index contributed by atoms with van der Waals surface area (Å²) < 4.78 is 0. The predicted octanol–water partition coefficient (Wildman–Crippen LogP) is 3.30. The van der Waals surface area contributed by atoms with Crippen molar-refractivity contribution in [3.8, 4) is 0 Å². The maximum atomic E-state index is 4.49. The summed E-state index contributed by atoms with van der Waals surface area (Å²) >= 11 is 1.98. The molecule has 1 saturated carbocycles. The summed E-state index contributed by atoms with van der Waals surface area (Å²) in [6.45, 7) is 5.05. The molecule has 0 amide bonds. The van der Waals surface area contributed by atoms with Crippen LogP contribution in [0.1, 0.15) is 38.4 Å². The largest absolute Gasteiger partial charge is 0.370 e. The van der Waals surface area contributed by atoms with E-state index < -0.39 is 0 Å². The molecule has 5 heteroatoms. The SMILES string of the molecule is CCCNc1cc(NC2CCC(SC)C2)nc(C)n1. The number of aromatic nitrogens is 2.